The lowest BCUT2D eigenvalue weighted by molar-refractivity contribution is -0.990. The molecule has 2 aromatic carbocycles. The number of aromatic nitrogens is 1. The molecule has 1 aliphatic heterocycles. The third-order valence-electron chi connectivity index (χ3n) is 6.22. The van der Waals surface area contributed by atoms with E-state index in [1.807, 2.05) is 0 Å². The molecule has 174 valence electrons. The molecule has 1 aliphatic rings. The third kappa shape index (κ3) is 3.66. The van der Waals surface area contributed by atoms with Crippen molar-refractivity contribution in [2.75, 3.05) is 14.1 Å². The smallest absolute Gasteiger partial charge is 0.276 e. The second-order valence-electron chi connectivity index (χ2n) is 8.20. The molecule has 4 rings (SSSR count). The molecule has 0 radical (unpaired) electrons. The maximum Gasteiger partial charge on any atom is 0.276 e. The molecule has 6 N–H and O–H groups in total. The number of aromatic amines is 1. The Morgan fingerprint density at radius 3 is 2.55 bits per heavy atom. The van der Waals surface area contributed by atoms with Crippen LogP contribution in [0.5, 0.6) is 11.5 Å². The summed E-state index contributed by atoms with van der Waals surface area (Å²) in [6.07, 6.45) is 1.36. The lowest BCUT2D eigenvalue weighted by Gasteiger charge is -2.47. The van der Waals surface area contributed by atoms with Gasteiger partial charge in [-0.25, -0.2) is 5.21 Å². The van der Waals surface area contributed by atoms with Gasteiger partial charge in [0.25, 0.3) is 5.91 Å². The number of H-pyrrole nitrogens is 1. The second kappa shape index (κ2) is 8.05. The molecule has 1 aromatic heterocycles. The van der Waals surface area contributed by atoms with E-state index in [2.05, 4.69) is 4.98 Å². The highest BCUT2D eigenvalue weighted by Gasteiger charge is 2.53. The summed E-state index contributed by atoms with van der Waals surface area (Å²) in [6, 6.07) is 7.72. The van der Waals surface area contributed by atoms with E-state index in [0.29, 0.717) is 22.0 Å². The van der Waals surface area contributed by atoms with Crippen LogP contribution in [0.25, 0.3) is 10.9 Å². The summed E-state index contributed by atoms with van der Waals surface area (Å²) in [5.41, 5.74) is -0.617. The van der Waals surface area contributed by atoms with Crippen molar-refractivity contribution >= 4 is 28.4 Å². The first-order valence-electron chi connectivity index (χ1n) is 10.1. The molecule has 2 amide bonds. The SMILES string of the molecule is CN1C(=O)C(O)(Cc2ccc(O)c(O)c2)N(C)C(=O)C1Cc1c[nH]c2cccc([NH+]([O-])O)c12. The van der Waals surface area contributed by atoms with E-state index in [9.17, 15) is 35.3 Å². The standard InChI is InChI=1S/C22H24N4O7/c1-24-16(9-13-11-23-14-4-3-5-15(19(13)14)26(32)33)20(29)25(2)22(31,21(24)30)10-12-6-7-17(27)18(28)8-12/h3-8,11,16,23,26-28,31-32H,9-10H2,1-2H3. The number of nitrogens with zero attached hydrogens (tertiary/aromatic N) is 2. The van der Waals surface area contributed by atoms with E-state index in [0.717, 1.165) is 9.80 Å². The highest BCUT2D eigenvalue weighted by atomic mass is 16.8. The van der Waals surface area contributed by atoms with Crippen LogP contribution in [0.3, 0.4) is 0 Å². The summed E-state index contributed by atoms with van der Waals surface area (Å²) >= 11 is 0. The molecule has 3 unspecified atom stereocenters. The first-order valence-corrected chi connectivity index (χ1v) is 10.1. The largest absolute Gasteiger partial charge is 0.595 e. The van der Waals surface area contributed by atoms with Gasteiger partial charge >= 0.3 is 0 Å². The fourth-order valence-electron chi connectivity index (χ4n) is 4.32. The van der Waals surface area contributed by atoms with Crippen molar-refractivity contribution in [3.8, 4) is 11.5 Å². The van der Waals surface area contributed by atoms with Gasteiger partial charge in [-0.05, 0) is 29.3 Å². The van der Waals surface area contributed by atoms with Gasteiger partial charge in [-0.2, -0.15) is 5.23 Å². The van der Waals surface area contributed by atoms with Crippen molar-refractivity contribution in [2.24, 2.45) is 0 Å². The molecular formula is C22H24N4O7. The van der Waals surface area contributed by atoms with E-state index < -0.39 is 34.6 Å². The number of phenols is 2. The Kier molecular flexibility index (Phi) is 5.50. The number of aromatic hydroxyl groups is 2. The monoisotopic (exact) mass is 456 g/mol. The maximum absolute atomic E-state index is 13.2. The minimum absolute atomic E-state index is 0.0474. The summed E-state index contributed by atoms with van der Waals surface area (Å²) in [4.78, 5) is 31.6. The number of hydrogen-bond acceptors (Lipinski definition) is 7. The molecule has 3 atom stereocenters. The normalized spacial score (nSPS) is 22.3. The van der Waals surface area contributed by atoms with Crippen LogP contribution in [0, 0.1) is 5.21 Å². The first-order chi connectivity index (χ1) is 15.5. The predicted octanol–water partition coefficient (Wildman–Crippen LogP) is -0.245. The van der Waals surface area contributed by atoms with E-state index in [1.165, 1.54) is 38.4 Å². The summed E-state index contributed by atoms with van der Waals surface area (Å²) in [7, 11) is 2.72. The summed E-state index contributed by atoms with van der Waals surface area (Å²) in [5.74, 6) is -2.00. The topological polar surface area (TPSA) is 165 Å². The Hall–Kier alpha value is -3.64. The highest BCUT2D eigenvalue weighted by Crippen LogP contribution is 2.33. The van der Waals surface area contributed by atoms with Crippen molar-refractivity contribution < 1.29 is 35.3 Å². The van der Waals surface area contributed by atoms with E-state index in [1.54, 1.807) is 18.3 Å². The molecule has 2 heterocycles. The van der Waals surface area contributed by atoms with Crippen LogP contribution in [0.2, 0.25) is 0 Å². The highest BCUT2D eigenvalue weighted by molar-refractivity contribution is 5.99. The molecule has 3 aromatic rings. The number of quaternary nitrogens is 1. The zero-order chi connectivity index (χ0) is 24.1. The fourth-order valence-corrected chi connectivity index (χ4v) is 4.32. The van der Waals surface area contributed by atoms with Crippen molar-refractivity contribution in [1.29, 1.82) is 0 Å². The van der Waals surface area contributed by atoms with E-state index >= 15 is 0 Å². The number of carbonyl (C=O) groups excluding carboxylic acids is 2. The summed E-state index contributed by atoms with van der Waals surface area (Å²) in [6.45, 7) is 0. The van der Waals surface area contributed by atoms with Gasteiger partial charge in [0.2, 0.25) is 11.6 Å². The number of nitrogens with one attached hydrogen (secondary N) is 2. The van der Waals surface area contributed by atoms with Crippen molar-refractivity contribution in [2.45, 2.75) is 24.6 Å². The molecule has 33 heavy (non-hydrogen) atoms. The minimum atomic E-state index is -2.20. The van der Waals surface area contributed by atoms with Gasteiger partial charge < -0.3 is 35.3 Å². The van der Waals surface area contributed by atoms with Gasteiger partial charge in [0.05, 0.1) is 10.9 Å². The van der Waals surface area contributed by atoms with Crippen LogP contribution in [0.1, 0.15) is 11.1 Å². The number of rotatable bonds is 5. The number of piperazine rings is 1. The van der Waals surface area contributed by atoms with Crippen LogP contribution in [0.15, 0.2) is 42.6 Å². The van der Waals surface area contributed by atoms with Gasteiger partial charge in [0.15, 0.2) is 17.2 Å². The van der Waals surface area contributed by atoms with Gasteiger partial charge in [-0.3, -0.25) is 9.59 Å². The van der Waals surface area contributed by atoms with Crippen LogP contribution < -0.4 is 5.23 Å². The average molecular weight is 456 g/mol. The summed E-state index contributed by atoms with van der Waals surface area (Å²) in [5, 5.41) is 51.0. The zero-order valence-corrected chi connectivity index (χ0v) is 17.9. The van der Waals surface area contributed by atoms with E-state index in [-0.39, 0.29) is 24.3 Å². The number of carbonyl (C=O) groups is 2. The Balaban J connectivity index is 1.65. The Labute approximate surface area is 188 Å². The fraction of sp³-hybridized carbons (Fsp3) is 0.273. The molecule has 1 fully saturated rings. The molecule has 0 saturated carbocycles. The van der Waals surface area contributed by atoms with Crippen molar-refractivity contribution in [3.05, 3.63) is 58.9 Å². The number of phenolic OH excluding ortho intramolecular Hbond substituents is 2. The Morgan fingerprint density at radius 2 is 1.88 bits per heavy atom. The van der Waals surface area contributed by atoms with Gasteiger partial charge in [-0.15, -0.1) is 0 Å². The molecular weight excluding hydrogens is 432 g/mol. The van der Waals surface area contributed by atoms with Crippen LogP contribution in [-0.4, -0.2) is 73.0 Å². The predicted molar refractivity (Wildman–Crippen MR) is 116 cm³/mol. The number of aliphatic hydroxyl groups is 1. The van der Waals surface area contributed by atoms with Crippen molar-refractivity contribution in [1.82, 2.24) is 14.8 Å². The molecule has 0 spiro atoms. The number of benzene rings is 2. The van der Waals surface area contributed by atoms with Gasteiger partial charge in [0.1, 0.15) is 6.04 Å². The molecule has 0 bridgehead atoms. The molecule has 11 heteroatoms. The average Bonchev–Trinajstić information content (AvgIpc) is 3.20. The first kappa shape index (κ1) is 22.6. The maximum atomic E-state index is 13.2. The number of likely N-dealkylation sites (N-methyl/N-ethyl adjacent to an activating group) is 2. The minimum Gasteiger partial charge on any atom is -0.595 e. The van der Waals surface area contributed by atoms with Crippen LogP contribution in [-0.2, 0) is 22.4 Å². The molecule has 0 aliphatic carbocycles. The zero-order valence-electron chi connectivity index (χ0n) is 17.9. The van der Waals surface area contributed by atoms with E-state index in [4.69, 9.17) is 0 Å². The third-order valence-corrected chi connectivity index (χ3v) is 6.22. The lowest BCUT2D eigenvalue weighted by Crippen LogP contribution is -2.99. The Morgan fingerprint density at radius 1 is 1.15 bits per heavy atom. The molecule has 1 saturated heterocycles. The molecule has 11 nitrogen and oxygen atoms in total. The van der Waals surface area contributed by atoms with Crippen molar-refractivity contribution in [3.63, 3.8) is 0 Å². The summed E-state index contributed by atoms with van der Waals surface area (Å²) < 4.78 is 0. The van der Waals surface area contributed by atoms with Crippen LogP contribution in [0.4, 0.5) is 5.69 Å². The quantitative estimate of drug-likeness (QED) is 0.228. The second-order valence-corrected chi connectivity index (χ2v) is 8.20. The van der Waals surface area contributed by atoms with Gasteiger partial charge in [-0.1, -0.05) is 12.1 Å². The number of fused-ring (bicyclic) bond motifs is 1. The Bertz CT molecular complexity index is 1240. The number of amides is 2. The van der Waals surface area contributed by atoms with Gasteiger partial charge in [0, 0.05) is 39.2 Å². The number of hydrogen-bond donors (Lipinski definition) is 6. The lowest BCUT2D eigenvalue weighted by atomic mass is 9.92. The van der Waals surface area contributed by atoms with Crippen LogP contribution >= 0.6 is 0 Å².